The Hall–Kier alpha value is -7.82. The third kappa shape index (κ3) is 6.43. The van der Waals surface area contributed by atoms with E-state index in [0.717, 1.165) is 22.7 Å². The molecule has 0 atom stereocenters. The third-order valence-electron chi connectivity index (χ3n) is 15.7. The van der Waals surface area contributed by atoms with Gasteiger partial charge in [-0.1, -0.05) is 166 Å². The molecule has 0 saturated heterocycles. The van der Waals surface area contributed by atoms with E-state index >= 15 is 0 Å². The number of aromatic nitrogens is 2. The zero-order valence-electron chi connectivity index (χ0n) is 43.3. The van der Waals surface area contributed by atoms with E-state index < -0.39 is 0 Å². The second-order valence-corrected chi connectivity index (χ2v) is 23.0. The number of hydrogen-bond donors (Lipinski definition) is 0. The molecule has 0 bridgehead atoms. The molecule has 0 fully saturated rings. The maximum atomic E-state index is 2.62. The zero-order chi connectivity index (χ0) is 49.5. The lowest BCUT2D eigenvalue weighted by Crippen LogP contribution is -2.15. The molecular weight excluding hydrogens is 873 g/mol. The summed E-state index contributed by atoms with van der Waals surface area (Å²) < 4.78 is 5.23. The van der Waals surface area contributed by atoms with E-state index in [-0.39, 0.29) is 10.8 Å². The Balaban J connectivity index is 1.19. The van der Waals surface area contributed by atoms with Crippen molar-refractivity contribution in [3.8, 4) is 0 Å². The van der Waals surface area contributed by atoms with Crippen LogP contribution in [0.3, 0.4) is 0 Å². The maximum Gasteiger partial charge on any atom is 0.0644 e. The van der Waals surface area contributed by atoms with E-state index in [1.54, 1.807) is 0 Å². The average Bonchev–Trinajstić information content (AvgIpc) is 4.10. The Labute approximate surface area is 423 Å². The lowest BCUT2D eigenvalue weighted by molar-refractivity contribution is 0.596. The number of benzene rings is 9. The summed E-state index contributed by atoms with van der Waals surface area (Å²) in [6.45, 7) is 23.4. The number of para-hydroxylation sites is 4. The SMILES string of the molecule is CC(C)c1ccc(N(c2ccccc2)c2cc(C(C)(C)C)c3c4cc5c(cc4n4c6ccccc6c2c34)c2c(C(C)(C)C)cc(N(c3ccccc3)c3ccc(C(C)C)cc3)c3c4ccccc4n5c32)cc1. The van der Waals surface area contributed by atoms with Gasteiger partial charge >= 0.3 is 0 Å². The maximum absolute atomic E-state index is 2.62. The van der Waals surface area contributed by atoms with E-state index in [2.05, 4.69) is 270 Å². The Morgan fingerprint density at radius 3 is 1.01 bits per heavy atom. The monoisotopic (exact) mass is 934 g/mol. The van der Waals surface area contributed by atoms with Gasteiger partial charge in [0.1, 0.15) is 0 Å². The average molecular weight is 935 g/mol. The summed E-state index contributed by atoms with van der Waals surface area (Å²) in [4.78, 5) is 5.00. The first kappa shape index (κ1) is 44.1. The molecule has 4 nitrogen and oxygen atoms in total. The van der Waals surface area contributed by atoms with Crippen LogP contribution < -0.4 is 9.80 Å². The molecule has 13 rings (SSSR count). The van der Waals surface area contributed by atoms with E-state index in [4.69, 9.17) is 0 Å². The van der Waals surface area contributed by atoms with Gasteiger partial charge < -0.3 is 18.6 Å². The quantitative estimate of drug-likeness (QED) is 0.151. The minimum Gasteiger partial charge on any atom is -0.310 e. The molecular formula is C68H62N4. The highest BCUT2D eigenvalue weighted by atomic mass is 15.2. The minimum absolute atomic E-state index is 0.191. The molecule has 0 spiro atoms. The normalized spacial score (nSPS) is 12.8. The van der Waals surface area contributed by atoms with Gasteiger partial charge in [-0.3, -0.25) is 0 Å². The predicted octanol–water partition coefficient (Wildman–Crippen LogP) is 19.8. The van der Waals surface area contributed by atoms with Crippen molar-refractivity contribution in [1.82, 2.24) is 8.80 Å². The molecule has 354 valence electrons. The van der Waals surface area contributed by atoms with Crippen LogP contribution in [0.15, 0.2) is 182 Å². The van der Waals surface area contributed by atoms with Gasteiger partial charge in [-0.05, 0) is 130 Å². The number of nitrogens with zero attached hydrogens (tertiary/aromatic N) is 4. The second kappa shape index (κ2) is 15.8. The van der Waals surface area contributed by atoms with Crippen molar-refractivity contribution in [2.24, 2.45) is 0 Å². The minimum atomic E-state index is -0.191. The molecule has 0 unspecified atom stereocenters. The number of anilines is 6. The van der Waals surface area contributed by atoms with Gasteiger partial charge in [-0.15, -0.1) is 0 Å². The van der Waals surface area contributed by atoms with Gasteiger partial charge in [0.25, 0.3) is 0 Å². The highest BCUT2D eigenvalue weighted by Crippen LogP contribution is 2.55. The molecule has 9 aromatic carbocycles. The molecule has 4 heteroatoms. The van der Waals surface area contributed by atoms with Crippen LogP contribution in [0.25, 0.3) is 76.2 Å². The highest BCUT2D eigenvalue weighted by molar-refractivity contribution is 6.33. The summed E-state index contributed by atoms with van der Waals surface area (Å²) in [6.07, 6.45) is 0. The predicted molar refractivity (Wildman–Crippen MR) is 311 cm³/mol. The molecule has 0 aliphatic carbocycles. The Morgan fingerprint density at radius 2 is 0.667 bits per heavy atom. The Bertz CT molecular complexity index is 3920. The summed E-state index contributed by atoms with van der Waals surface area (Å²) in [7, 11) is 0. The fourth-order valence-electron chi connectivity index (χ4n) is 12.2. The number of rotatable bonds is 8. The smallest absolute Gasteiger partial charge is 0.0644 e. The van der Waals surface area contributed by atoms with Crippen molar-refractivity contribution in [3.05, 3.63) is 204 Å². The molecule has 4 aromatic heterocycles. The Morgan fingerprint density at radius 1 is 0.333 bits per heavy atom. The first-order chi connectivity index (χ1) is 34.7. The van der Waals surface area contributed by atoms with Crippen molar-refractivity contribution in [3.63, 3.8) is 0 Å². The summed E-state index contributed by atoms with van der Waals surface area (Å²) in [6, 6.07) is 68.8. The summed E-state index contributed by atoms with van der Waals surface area (Å²) in [5.41, 5.74) is 19.5. The van der Waals surface area contributed by atoms with Crippen molar-refractivity contribution < 1.29 is 0 Å². The molecule has 0 N–H and O–H groups in total. The van der Waals surface area contributed by atoms with Gasteiger partial charge in [0.2, 0.25) is 0 Å². The fourth-order valence-corrected chi connectivity index (χ4v) is 12.2. The lowest BCUT2D eigenvalue weighted by atomic mass is 9.82. The van der Waals surface area contributed by atoms with Crippen LogP contribution in [-0.4, -0.2) is 8.80 Å². The van der Waals surface area contributed by atoms with Gasteiger partial charge in [0.05, 0.1) is 44.5 Å². The molecule has 0 radical (unpaired) electrons. The molecule has 0 saturated carbocycles. The van der Waals surface area contributed by atoms with Crippen LogP contribution in [0.2, 0.25) is 0 Å². The second-order valence-electron chi connectivity index (χ2n) is 23.0. The van der Waals surface area contributed by atoms with E-state index in [0.29, 0.717) is 11.8 Å². The standard InChI is InChI=1S/C68H62N4/c1-41(2)43-29-33-47(34-30-43)69(45-21-13-11-14-22-45)59-39-53(67(5,6)7)61-51-37-58-52(38-57(51)71-55-27-19-17-25-49(55)63(59)65(61)71)62-54(68(8,9)10)40-60(64-50-26-18-20-28-56(50)72(58)66(62)64)70(46-23-15-12-16-24-46)48-35-31-44(32-36-48)42(3)4/h11-42H,1-10H3. The first-order valence-electron chi connectivity index (χ1n) is 26.0. The van der Waals surface area contributed by atoms with Crippen LogP contribution in [0, 0.1) is 0 Å². The lowest BCUT2D eigenvalue weighted by Gasteiger charge is -2.30. The topological polar surface area (TPSA) is 15.3 Å². The fraction of sp³-hybridized carbons (Fsp3) is 0.206. The summed E-state index contributed by atoms with van der Waals surface area (Å²) in [5, 5.41) is 10.3. The van der Waals surface area contributed by atoms with Crippen LogP contribution in [0.5, 0.6) is 0 Å². The van der Waals surface area contributed by atoms with Crippen molar-refractivity contribution in [1.29, 1.82) is 0 Å². The van der Waals surface area contributed by atoms with Crippen molar-refractivity contribution >= 4 is 110 Å². The molecule has 72 heavy (non-hydrogen) atoms. The van der Waals surface area contributed by atoms with E-state index in [9.17, 15) is 0 Å². The summed E-state index contributed by atoms with van der Waals surface area (Å²) in [5.74, 6) is 0.890. The molecule has 13 aromatic rings. The first-order valence-corrected chi connectivity index (χ1v) is 26.0. The van der Waals surface area contributed by atoms with Gasteiger partial charge in [-0.2, -0.15) is 0 Å². The highest BCUT2D eigenvalue weighted by Gasteiger charge is 2.34. The van der Waals surface area contributed by atoms with Gasteiger partial charge in [-0.25, -0.2) is 0 Å². The number of fused-ring (bicyclic) bond motifs is 12. The van der Waals surface area contributed by atoms with Crippen molar-refractivity contribution in [2.45, 2.75) is 91.9 Å². The third-order valence-corrected chi connectivity index (χ3v) is 15.7. The van der Waals surface area contributed by atoms with Crippen LogP contribution in [0.1, 0.15) is 103 Å². The van der Waals surface area contributed by atoms with E-state index in [1.165, 1.54) is 110 Å². The van der Waals surface area contributed by atoms with Crippen LogP contribution >= 0.6 is 0 Å². The van der Waals surface area contributed by atoms with Crippen molar-refractivity contribution in [2.75, 3.05) is 9.80 Å². The molecule has 4 heterocycles. The summed E-state index contributed by atoms with van der Waals surface area (Å²) >= 11 is 0. The van der Waals surface area contributed by atoms with Crippen LogP contribution in [0.4, 0.5) is 34.1 Å². The van der Waals surface area contributed by atoms with Gasteiger partial charge in [0, 0.05) is 65.8 Å². The largest absolute Gasteiger partial charge is 0.310 e. The van der Waals surface area contributed by atoms with Gasteiger partial charge in [0.15, 0.2) is 0 Å². The van der Waals surface area contributed by atoms with Crippen LogP contribution in [-0.2, 0) is 10.8 Å². The number of hydrogen-bond acceptors (Lipinski definition) is 2. The molecule has 0 amide bonds. The molecule has 0 aliphatic heterocycles. The van der Waals surface area contributed by atoms with E-state index in [1.807, 2.05) is 0 Å². The Kier molecular flexibility index (Phi) is 9.71. The molecule has 0 aliphatic rings. The zero-order valence-corrected chi connectivity index (χ0v) is 43.3.